The molecular formula is C28H24Cl2N2O3S3. The number of anilines is 1. The van der Waals surface area contributed by atoms with Crippen LogP contribution in [-0.4, -0.2) is 20.0 Å². The lowest BCUT2D eigenvalue weighted by Gasteiger charge is -2.12. The molecule has 5 rings (SSSR count). The van der Waals surface area contributed by atoms with Crippen molar-refractivity contribution in [3.8, 4) is 0 Å². The van der Waals surface area contributed by atoms with Crippen LogP contribution in [0.3, 0.4) is 0 Å². The van der Waals surface area contributed by atoms with Crippen molar-refractivity contribution in [2.24, 2.45) is 7.05 Å². The normalized spacial score (nSPS) is 14.5. The Morgan fingerprint density at radius 3 is 2.34 bits per heavy atom. The second kappa shape index (κ2) is 12.1. The molecule has 0 fully saturated rings. The van der Waals surface area contributed by atoms with Crippen LogP contribution in [0.5, 0.6) is 0 Å². The van der Waals surface area contributed by atoms with E-state index in [0.717, 1.165) is 26.8 Å². The molecule has 1 aromatic heterocycles. The number of hydrogen-bond donors (Lipinski definition) is 0. The number of fused-ring (bicyclic) bond motifs is 2. The predicted molar refractivity (Wildman–Crippen MR) is 159 cm³/mol. The third-order valence-corrected chi connectivity index (χ3v) is 9.35. The Kier molecular flexibility index (Phi) is 9.03. The van der Waals surface area contributed by atoms with E-state index < -0.39 is 10.1 Å². The average molecular weight is 604 g/mol. The van der Waals surface area contributed by atoms with Crippen molar-refractivity contribution in [3.63, 3.8) is 0 Å². The van der Waals surface area contributed by atoms with Crippen LogP contribution in [0, 0.1) is 6.92 Å². The Hall–Kier alpha value is -2.59. The van der Waals surface area contributed by atoms with E-state index in [1.54, 1.807) is 35.2 Å². The quantitative estimate of drug-likeness (QED) is 0.137. The van der Waals surface area contributed by atoms with Gasteiger partial charge in [-0.1, -0.05) is 82.2 Å². The number of halogens is 2. The molecule has 10 heteroatoms. The molecule has 196 valence electrons. The van der Waals surface area contributed by atoms with Gasteiger partial charge in [-0.3, -0.25) is 0 Å². The van der Waals surface area contributed by atoms with Crippen molar-refractivity contribution in [3.05, 3.63) is 111 Å². The van der Waals surface area contributed by atoms with E-state index >= 15 is 0 Å². The number of rotatable bonds is 4. The maximum atomic E-state index is 10.4. The van der Waals surface area contributed by atoms with Crippen molar-refractivity contribution in [2.45, 2.75) is 16.7 Å². The number of allylic oxidation sites excluding steroid dienone is 4. The first-order chi connectivity index (χ1) is 18.0. The van der Waals surface area contributed by atoms with Gasteiger partial charge in [-0.15, -0.1) is 0 Å². The summed E-state index contributed by atoms with van der Waals surface area (Å²) in [6.07, 6.45) is 10.4. The lowest BCUT2D eigenvalue weighted by Crippen LogP contribution is -2.28. The Balaban J connectivity index is 0.000000257. The summed E-state index contributed by atoms with van der Waals surface area (Å²) in [5.41, 5.74) is 3.23. The summed E-state index contributed by atoms with van der Waals surface area (Å²) in [4.78, 5) is 3.21. The number of thioether (sulfide) groups is 1. The summed E-state index contributed by atoms with van der Waals surface area (Å²) in [6.45, 7) is 1.82. The molecule has 0 N–H and O–H groups in total. The Bertz CT molecular complexity index is 1680. The third-order valence-electron chi connectivity index (χ3n) is 5.66. The van der Waals surface area contributed by atoms with Gasteiger partial charge in [0.2, 0.25) is 5.52 Å². The zero-order chi connectivity index (χ0) is 27.4. The summed E-state index contributed by atoms with van der Waals surface area (Å²) >= 11 is 15.7. The molecule has 0 aliphatic carbocycles. The zero-order valence-electron chi connectivity index (χ0n) is 20.8. The van der Waals surface area contributed by atoms with Crippen LogP contribution < -0.4 is 9.47 Å². The highest BCUT2D eigenvalue weighted by molar-refractivity contribution is 8.03. The summed E-state index contributed by atoms with van der Waals surface area (Å²) in [7, 11) is -0.145. The van der Waals surface area contributed by atoms with E-state index in [9.17, 15) is 13.0 Å². The highest BCUT2D eigenvalue weighted by Gasteiger charge is 2.21. The molecule has 3 aromatic carbocycles. The number of benzene rings is 3. The monoisotopic (exact) mass is 602 g/mol. The van der Waals surface area contributed by atoms with E-state index in [0.29, 0.717) is 0 Å². The van der Waals surface area contributed by atoms with Crippen LogP contribution in [0.2, 0.25) is 10.0 Å². The van der Waals surface area contributed by atoms with E-state index in [1.807, 2.05) is 31.2 Å². The lowest BCUT2D eigenvalue weighted by atomic mass is 10.2. The van der Waals surface area contributed by atoms with E-state index in [4.69, 9.17) is 23.2 Å². The van der Waals surface area contributed by atoms with Gasteiger partial charge in [0, 0.05) is 34.1 Å². The molecule has 4 aromatic rings. The number of aromatic nitrogens is 1. The predicted octanol–water partition coefficient (Wildman–Crippen LogP) is 7.58. The maximum Gasteiger partial charge on any atom is 0.262 e. The molecule has 0 unspecified atom stereocenters. The average Bonchev–Trinajstić information content (AvgIpc) is 3.35. The summed E-state index contributed by atoms with van der Waals surface area (Å²) in [5, 5.41) is 3.88. The fraction of sp³-hybridized carbons (Fsp3) is 0.107. The molecule has 1 aliphatic heterocycles. The minimum absolute atomic E-state index is 0.178. The first-order valence-electron chi connectivity index (χ1n) is 11.4. The third kappa shape index (κ3) is 6.88. The highest BCUT2D eigenvalue weighted by Crippen LogP contribution is 2.45. The minimum Gasteiger partial charge on any atom is -0.744 e. The number of aryl methyl sites for hydroxylation is 2. The fourth-order valence-electron chi connectivity index (χ4n) is 3.61. The number of nitrogens with zero attached hydrogens (tertiary/aromatic N) is 2. The van der Waals surface area contributed by atoms with Gasteiger partial charge < -0.3 is 9.45 Å². The van der Waals surface area contributed by atoms with E-state index in [-0.39, 0.29) is 4.90 Å². The molecule has 1 aliphatic rings. The Labute approximate surface area is 241 Å². The lowest BCUT2D eigenvalue weighted by molar-refractivity contribution is -0.642. The van der Waals surface area contributed by atoms with Gasteiger partial charge in [0.25, 0.3) is 5.01 Å². The first kappa shape index (κ1) is 28.4. The van der Waals surface area contributed by atoms with Crippen LogP contribution >= 0.6 is 46.3 Å². The Morgan fingerprint density at radius 2 is 1.63 bits per heavy atom. The van der Waals surface area contributed by atoms with Crippen LogP contribution in [0.4, 0.5) is 5.69 Å². The molecule has 0 saturated heterocycles. The SMILES string of the molecule is CN1/C(=C/C=C/C=C/c2sc3ccc(Cl)cc3[n+]2C)Sc2ccc(Cl)cc21.Cc1ccc(S(=O)(=O)[O-])cc1. The second-order valence-corrected chi connectivity index (χ2v) is 12.8. The summed E-state index contributed by atoms with van der Waals surface area (Å²) in [6, 6.07) is 17.8. The fourth-order valence-corrected chi connectivity index (χ4v) is 6.50. The molecule has 38 heavy (non-hydrogen) atoms. The molecule has 5 nitrogen and oxygen atoms in total. The van der Waals surface area contributed by atoms with E-state index in [2.05, 4.69) is 66.1 Å². The standard InChI is InChI=1S/C21H17Cl2N2S2.C7H8O3S/c1-24-16-12-14(22)8-10-18(16)26-20(24)6-4-3-5-7-21-25(2)17-13-15(23)9-11-19(17)27-21;1-6-2-4-7(5-3-6)11(8,9)10/h3-13H,1-2H3;2-5H,1H3,(H,8,9,10)/q+1;/p-1. The number of thiazole rings is 1. The largest absolute Gasteiger partial charge is 0.744 e. The zero-order valence-corrected chi connectivity index (χ0v) is 24.7. The molecule has 0 saturated carbocycles. The molecule has 0 amide bonds. The highest BCUT2D eigenvalue weighted by atomic mass is 35.5. The summed E-state index contributed by atoms with van der Waals surface area (Å²) < 4.78 is 34.6. The molecule has 0 radical (unpaired) electrons. The van der Waals surface area contributed by atoms with Gasteiger partial charge in [-0.05, 0) is 55.5 Å². The minimum atomic E-state index is -4.27. The van der Waals surface area contributed by atoms with Gasteiger partial charge in [0.15, 0.2) is 0 Å². The van der Waals surface area contributed by atoms with Crippen molar-refractivity contribution >= 4 is 78.4 Å². The molecule has 0 bridgehead atoms. The van der Waals surface area contributed by atoms with Gasteiger partial charge in [0.05, 0.1) is 15.6 Å². The molecular weight excluding hydrogens is 579 g/mol. The van der Waals surface area contributed by atoms with Crippen LogP contribution in [0.25, 0.3) is 16.3 Å². The second-order valence-electron chi connectivity index (χ2n) is 8.40. The maximum absolute atomic E-state index is 10.4. The van der Waals surface area contributed by atoms with E-state index in [1.165, 1.54) is 31.8 Å². The van der Waals surface area contributed by atoms with Crippen LogP contribution in [0.15, 0.2) is 99.8 Å². The molecule has 2 heterocycles. The topological polar surface area (TPSA) is 64.3 Å². The van der Waals surface area contributed by atoms with Crippen molar-refractivity contribution in [1.29, 1.82) is 0 Å². The van der Waals surface area contributed by atoms with Crippen molar-refractivity contribution < 1.29 is 17.5 Å². The van der Waals surface area contributed by atoms with Gasteiger partial charge >= 0.3 is 0 Å². The smallest absolute Gasteiger partial charge is 0.262 e. The Morgan fingerprint density at radius 1 is 0.947 bits per heavy atom. The number of hydrogen-bond acceptors (Lipinski definition) is 6. The summed E-state index contributed by atoms with van der Waals surface area (Å²) in [5.74, 6) is 0. The van der Waals surface area contributed by atoms with Gasteiger partial charge in [-0.2, -0.15) is 4.57 Å². The van der Waals surface area contributed by atoms with Crippen LogP contribution in [-0.2, 0) is 17.2 Å². The van der Waals surface area contributed by atoms with Gasteiger partial charge in [-0.25, -0.2) is 8.42 Å². The molecule has 0 spiro atoms. The van der Waals surface area contributed by atoms with Crippen molar-refractivity contribution in [2.75, 3.05) is 11.9 Å². The van der Waals surface area contributed by atoms with Gasteiger partial charge in [0.1, 0.15) is 21.9 Å². The van der Waals surface area contributed by atoms with Crippen molar-refractivity contribution in [1.82, 2.24) is 0 Å². The van der Waals surface area contributed by atoms with Crippen LogP contribution in [0.1, 0.15) is 10.6 Å². The first-order valence-corrected chi connectivity index (χ1v) is 15.2. The molecule has 0 atom stereocenters.